The Labute approximate surface area is 241 Å². The van der Waals surface area contributed by atoms with E-state index in [2.05, 4.69) is 10.4 Å². The first kappa shape index (κ1) is 33.7. The Hall–Kier alpha value is -3.75. The van der Waals surface area contributed by atoms with E-state index >= 15 is 0 Å². The minimum atomic E-state index is -5.00. The van der Waals surface area contributed by atoms with Crippen molar-refractivity contribution in [3.8, 4) is 0 Å². The van der Waals surface area contributed by atoms with E-state index in [1.165, 1.54) is 25.4 Å². The molecule has 0 saturated carbocycles. The molecule has 0 spiro atoms. The van der Waals surface area contributed by atoms with Crippen LogP contribution in [0.25, 0.3) is 0 Å². The summed E-state index contributed by atoms with van der Waals surface area (Å²) in [4.78, 5) is 16.9. The number of nitrogens with zero attached hydrogens (tertiary/aromatic N) is 3. The lowest BCUT2D eigenvalue weighted by Crippen LogP contribution is -2.48. The molecule has 3 rings (SSSR count). The molecule has 1 atom stereocenters. The van der Waals surface area contributed by atoms with Gasteiger partial charge in [-0.05, 0) is 61.7 Å². The largest absolute Gasteiger partial charge is 0.481 e. The maximum atomic E-state index is 13.5. The molecule has 0 saturated heterocycles. The van der Waals surface area contributed by atoms with Gasteiger partial charge in [0.15, 0.2) is 5.84 Å². The Balaban J connectivity index is 1.84. The van der Waals surface area contributed by atoms with E-state index in [0.29, 0.717) is 43.8 Å². The van der Waals surface area contributed by atoms with Crippen LogP contribution in [0, 0.1) is 0 Å². The molecule has 1 heterocycles. The summed E-state index contributed by atoms with van der Waals surface area (Å²) in [6.07, 6.45) is -10.9. The van der Waals surface area contributed by atoms with Gasteiger partial charge >= 0.3 is 24.5 Å². The van der Waals surface area contributed by atoms with Crippen molar-refractivity contribution >= 4 is 17.5 Å². The predicted octanol–water partition coefficient (Wildman–Crippen LogP) is 7.40. The fourth-order valence-electron chi connectivity index (χ4n) is 4.64. The Bertz CT molecular complexity index is 1340. The van der Waals surface area contributed by atoms with Gasteiger partial charge in [-0.25, -0.2) is 5.43 Å². The number of quaternary nitrogens is 1. The van der Waals surface area contributed by atoms with E-state index in [1.54, 1.807) is 6.92 Å². The minimum Gasteiger partial charge on any atom is -0.481 e. The van der Waals surface area contributed by atoms with Crippen molar-refractivity contribution < 1.29 is 54.0 Å². The molecule has 0 fully saturated rings. The molecular weight excluding hydrogens is 595 g/mol. The molecule has 2 aromatic carbocycles. The first-order valence-corrected chi connectivity index (χ1v) is 13.1. The summed E-state index contributed by atoms with van der Waals surface area (Å²) in [6.45, 7) is 2.07. The summed E-state index contributed by atoms with van der Waals surface area (Å²) >= 11 is 0. The first-order valence-electron chi connectivity index (χ1n) is 13.1. The fraction of sp³-hybridized carbons (Fsp3) is 0.429. The number of aliphatic carboxylic acids is 1. The highest BCUT2D eigenvalue weighted by Gasteiger charge is 2.38. The first-order chi connectivity index (χ1) is 19.8. The number of hydrogen-bond donors (Lipinski definition) is 2. The van der Waals surface area contributed by atoms with Crippen LogP contribution < -0.4 is 10.3 Å². The van der Waals surface area contributed by atoms with E-state index in [9.17, 15) is 44.3 Å². The number of hydrogen-bond acceptors (Lipinski definition) is 3. The summed E-state index contributed by atoms with van der Waals surface area (Å²) < 4.78 is 120. The maximum Gasteiger partial charge on any atom is 0.416 e. The lowest BCUT2D eigenvalue weighted by Gasteiger charge is -2.27. The summed E-state index contributed by atoms with van der Waals surface area (Å²) in [5.41, 5.74) is -0.443. The highest BCUT2D eigenvalue weighted by molar-refractivity contribution is 5.93. The number of anilines is 1. The van der Waals surface area contributed by atoms with E-state index in [1.807, 2.05) is 4.90 Å². The second-order valence-electron chi connectivity index (χ2n) is 10.2. The lowest BCUT2D eigenvalue weighted by molar-refractivity contribution is -0.903. The monoisotopic (exact) mass is 625 g/mol. The van der Waals surface area contributed by atoms with Crippen LogP contribution in [0.1, 0.15) is 54.0 Å². The molecule has 2 N–H and O–H groups in total. The number of carboxylic acid groups (broad SMARTS) is 1. The number of unbranched alkanes of at least 4 members (excludes halogenated alkanes) is 1. The summed E-state index contributed by atoms with van der Waals surface area (Å²) in [6, 6.07) is 4.54. The van der Waals surface area contributed by atoms with Gasteiger partial charge in [-0.1, -0.05) is 0 Å². The Morgan fingerprint density at radius 3 is 2.05 bits per heavy atom. The number of halogens is 9. The molecule has 0 amide bonds. The smallest absolute Gasteiger partial charge is 0.416 e. The predicted molar refractivity (Wildman–Crippen MR) is 141 cm³/mol. The van der Waals surface area contributed by atoms with Crippen LogP contribution in [0.15, 0.2) is 53.7 Å². The Morgan fingerprint density at radius 1 is 0.907 bits per heavy atom. The van der Waals surface area contributed by atoms with Crippen molar-refractivity contribution in [2.24, 2.45) is 4.99 Å². The van der Waals surface area contributed by atoms with Crippen LogP contribution in [0.5, 0.6) is 0 Å². The van der Waals surface area contributed by atoms with Crippen molar-refractivity contribution in [2.45, 2.75) is 57.8 Å². The van der Waals surface area contributed by atoms with E-state index in [4.69, 9.17) is 5.11 Å². The number of rotatable bonds is 11. The van der Waals surface area contributed by atoms with Crippen LogP contribution in [-0.4, -0.2) is 41.6 Å². The normalized spacial score (nSPS) is 18.3. The molecule has 1 aliphatic heterocycles. The maximum absolute atomic E-state index is 13.5. The second kappa shape index (κ2) is 12.9. The molecule has 15 heteroatoms. The summed E-state index contributed by atoms with van der Waals surface area (Å²) in [7, 11) is 1.48. The van der Waals surface area contributed by atoms with Gasteiger partial charge in [0, 0.05) is 36.8 Å². The van der Waals surface area contributed by atoms with Crippen LogP contribution in [0.3, 0.4) is 0 Å². The molecule has 6 nitrogen and oxygen atoms in total. The quantitative estimate of drug-likeness (QED) is 0.155. The third kappa shape index (κ3) is 9.37. The van der Waals surface area contributed by atoms with Crippen LogP contribution in [0.4, 0.5) is 45.2 Å². The van der Waals surface area contributed by atoms with Crippen molar-refractivity contribution in [3.63, 3.8) is 0 Å². The van der Waals surface area contributed by atoms with Crippen molar-refractivity contribution in [2.75, 3.05) is 25.0 Å². The SMILES string of the molecule is CCN(CCCCC(=O)O)c1ccc(C(F)(F)F)cc1CN=C1C=C[N+](C)(Cc2cc(C(F)(F)F)cc(C(F)(F)F)c2)N1. The van der Waals surface area contributed by atoms with E-state index in [0.717, 1.165) is 12.1 Å². The summed E-state index contributed by atoms with van der Waals surface area (Å²) in [5.74, 6) is -0.788. The fourth-order valence-corrected chi connectivity index (χ4v) is 4.64. The molecule has 0 aliphatic carbocycles. The number of aliphatic imine (C=N–C) groups is 1. The average molecular weight is 626 g/mol. The zero-order valence-electron chi connectivity index (χ0n) is 23.2. The second-order valence-corrected chi connectivity index (χ2v) is 10.2. The number of carboxylic acids is 1. The van der Waals surface area contributed by atoms with Gasteiger partial charge < -0.3 is 10.0 Å². The van der Waals surface area contributed by atoms with E-state index in [-0.39, 0.29) is 47.1 Å². The van der Waals surface area contributed by atoms with Gasteiger partial charge in [0.05, 0.1) is 30.3 Å². The van der Waals surface area contributed by atoms with Crippen molar-refractivity contribution in [3.05, 3.63) is 76.5 Å². The standard InChI is InChI=1S/C28H29F9N4O2/c1-3-40(10-5-4-6-25(42)43)23-8-7-20(26(29,30)31)14-19(23)16-38-24-9-11-41(2,39-24)17-18-12-21(27(32,33)34)15-22(13-18)28(35,36)37/h7-9,11-15H,3-6,10,16-17H2,1-2H3,(H-,38,39,42,43)/p+1. The lowest BCUT2D eigenvalue weighted by atomic mass is 10.0. The number of nitrogens with one attached hydrogen (secondary N) is 1. The number of alkyl halides is 9. The van der Waals surface area contributed by atoms with Gasteiger partial charge in [0.1, 0.15) is 12.7 Å². The number of benzene rings is 2. The molecule has 2 aromatic rings. The Kier molecular flexibility index (Phi) is 10.1. The molecule has 1 unspecified atom stereocenters. The van der Waals surface area contributed by atoms with Crippen LogP contribution in [0.2, 0.25) is 0 Å². The van der Waals surface area contributed by atoms with Crippen molar-refractivity contribution in [1.82, 2.24) is 5.43 Å². The molecule has 1 aliphatic rings. The highest BCUT2D eigenvalue weighted by Crippen LogP contribution is 2.37. The molecule has 0 bridgehead atoms. The van der Waals surface area contributed by atoms with Crippen LogP contribution >= 0.6 is 0 Å². The van der Waals surface area contributed by atoms with Gasteiger partial charge in [0.25, 0.3) is 0 Å². The zero-order chi connectivity index (χ0) is 32.2. The molecular formula is C28H30F9N4O2+. The van der Waals surface area contributed by atoms with Gasteiger partial charge in [0.2, 0.25) is 0 Å². The van der Waals surface area contributed by atoms with Gasteiger partial charge in [-0.15, -0.1) is 0 Å². The van der Waals surface area contributed by atoms with Crippen molar-refractivity contribution in [1.29, 1.82) is 0 Å². The number of amidine groups is 1. The summed E-state index contributed by atoms with van der Waals surface area (Å²) in [5, 5.41) is 8.85. The average Bonchev–Trinajstić information content (AvgIpc) is 3.25. The molecule has 0 aromatic heterocycles. The third-order valence-electron chi connectivity index (χ3n) is 6.71. The van der Waals surface area contributed by atoms with E-state index < -0.39 is 41.2 Å². The Morgan fingerprint density at radius 2 is 1.51 bits per heavy atom. The third-order valence-corrected chi connectivity index (χ3v) is 6.71. The number of carbonyl (C=O) groups is 1. The molecule has 236 valence electrons. The molecule has 43 heavy (non-hydrogen) atoms. The van der Waals surface area contributed by atoms with Crippen LogP contribution in [-0.2, 0) is 36.4 Å². The highest BCUT2D eigenvalue weighted by atomic mass is 19.4. The van der Waals surface area contributed by atoms with Gasteiger partial charge in [-0.3, -0.25) is 9.79 Å². The van der Waals surface area contributed by atoms with Gasteiger partial charge in [-0.2, -0.15) is 44.1 Å². The minimum absolute atomic E-state index is 0.0435. The zero-order valence-corrected chi connectivity index (χ0v) is 23.2. The topological polar surface area (TPSA) is 64.9 Å². The molecule has 0 radical (unpaired) electrons.